The zero-order chi connectivity index (χ0) is 9.97. The van der Waals surface area contributed by atoms with E-state index in [2.05, 4.69) is 0 Å². The van der Waals surface area contributed by atoms with Gasteiger partial charge in [0, 0.05) is 12.5 Å². The Labute approximate surface area is 81.6 Å². The molecule has 76 valence electrons. The summed E-state index contributed by atoms with van der Waals surface area (Å²) >= 11 is 0. The van der Waals surface area contributed by atoms with Crippen LogP contribution in [0.15, 0.2) is 18.2 Å². The molecule has 3 nitrogen and oxygen atoms in total. The Balaban J connectivity index is 2.27. The molecule has 0 aliphatic carbocycles. The lowest BCUT2D eigenvalue weighted by molar-refractivity contribution is 0.174. The second-order valence-electron chi connectivity index (χ2n) is 3.20. The molecular formula is C10H12FNO2. The number of rotatable bonds is 3. The molecule has 0 radical (unpaired) electrons. The summed E-state index contributed by atoms with van der Waals surface area (Å²) in [6.45, 7) is 0.0913. The van der Waals surface area contributed by atoms with Gasteiger partial charge in [-0.1, -0.05) is 6.07 Å². The van der Waals surface area contributed by atoms with Crippen LogP contribution in [0.5, 0.6) is 11.5 Å². The normalized spacial score (nSPS) is 15.6. The highest BCUT2D eigenvalue weighted by Crippen LogP contribution is 2.34. The van der Waals surface area contributed by atoms with Gasteiger partial charge in [-0.2, -0.15) is 0 Å². The van der Waals surface area contributed by atoms with E-state index < -0.39 is 6.67 Å². The maximum atomic E-state index is 12.5. The first kappa shape index (κ1) is 9.27. The van der Waals surface area contributed by atoms with E-state index in [-0.39, 0.29) is 12.7 Å². The Bertz CT molecular complexity index is 326. The lowest BCUT2D eigenvalue weighted by Gasteiger charge is -2.10. The van der Waals surface area contributed by atoms with Gasteiger partial charge in [0.15, 0.2) is 11.5 Å². The van der Waals surface area contributed by atoms with E-state index in [0.717, 1.165) is 5.56 Å². The van der Waals surface area contributed by atoms with Crippen molar-refractivity contribution in [3.8, 4) is 11.5 Å². The molecule has 1 unspecified atom stereocenters. The number of ether oxygens (including phenoxy) is 2. The van der Waals surface area contributed by atoms with Gasteiger partial charge < -0.3 is 15.2 Å². The van der Waals surface area contributed by atoms with Gasteiger partial charge in [0.25, 0.3) is 0 Å². The molecule has 2 rings (SSSR count). The molecule has 4 heteroatoms. The van der Waals surface area contributed by atoms with Crippen molar-refractivity contribution in [3.05, 3.63) is 23.8 Å². The number of hydrogen-bond donors (Lipinski definition) is 1. The number of alkyl halides is 1. The second-order valence-corrected chi connectivity index (χ2v) is 3.20. The van der Waals surface area contributed by atoms with E-state index in [1.54, 1.807) is 12.1 Å². The van der Waals surface area contributed by atoms with Crippen LogP contribution in [0.1, 0.15) is 11.5 Å². The Hall–Kier alpha value is -1.29. The fraction of sp³-hybridized carbons (Fsp3) is 0.400. The van der Waals surface area contributed by atoms with E-state index in [1.807, 2.05) is 6.07 Å². The zero-order valence-corrected chi connectivity index (χ0v) is 7.70. The van der Waals surface area contributed by atoms with Crippen molar-refractivity contribution in [2.45, 2.75) is 5.92 Å². The number of hydrogen-bond acceptors (Lipinski definition) is 3. The van der Waals surface area contributed by atoms with E-state index in [0.29, 0.717) is 18.0 Å². The Morgan fingerprint density at radius 1 is 1.36 bits per heavy atom. The van der Waals surface area contributed by atoms with Gasteiger partial charge in [0.05, 0.1) is 6.67 Å². The Kier molecular flexibility index (Phi) is 2.54. The minimum Gasteiger partial charge on any atom is -0.454 e. The summed E-state index contributed by atoms with van der Waals surface area (Å²) in [5.74, 6) is 1.14. The van der Waals surface area contributed by atoms with Gasteiger partial charge in [0.2, 0.25) is 6.79 Å². The number of halogens is 1. The molecule has 1 heterocycles. The van der Waals surface area contributed by atoms with Crippen molar-refractivity contribution in [2.75, 3.05) is 20.0 Å². The van der Waals surface area contributed by atoms with E-state index in [1.165, 1.54) is 0 Å². The molecule has 1 atom stereocenters. The zero-order valence-electron chi connectivity index (χ0n) is 7.70. The molecule has 0 saturated carbocycles. The van der Waals surface area contributed by atoms with Crippen LogP contribution in [-0.2, 0) is 0 Å². The van der Waals surface area contributed by atoms with E-state index in [9.17, 15) is 4.39 Å². The third-order valence-electron chi connectivity index (χ3n) is 2.34. The molecule has 1 aromatic rings. The van der Waals surface area contributed by atoms with Gasteiger partial charge in [-0.15, -0.1) is 0 Å². The van der Waals surface area contributed by atoms with Crippen LogP contribution in [0.4, 0.5) is 4.39 Å². The summed E-state index contributed by atoms with van der Waals surface area (Å²) in [6, 6.07) is 5.40. The number of benzene rings is 1. The number of fused-ring (bicyclic) bond motifs is 1. The van der Waals surface area contributed by atoms with E-state index >= 15 is 0 Å². The van der Waals surface area contributed by atoms with Crippen LogP contribution in [0, 0.1) is 0 Å². The predicted molar refractivity (Wildman–Crippen MR) is 50.3 cm³/mol. The van der Waals surface area contributed by atoms with Crippen molar-refractivity contribution in [1.29, 1.82) is 0 Å². The molecule has 0 spiro atoms. The average molecular weight is 197 g/mol. The summed E-state index contributed by atoms with van der Waals surface area (Å²) in [7, 11) is 0. The standard InChI is InChI=1S/C10H12FNO2/c11-4-8(5-12)7-1-2-9-10(3-7)14-6-13-9/h1-3,8H,4-6,12H2. The first-order valence-corrected chi connectivity index (χ1v) is 4.50. The lowest BCUT2D eigenvalue weighted by atomic mass is 10.0. The highest BCUT2D eigenvalue weighted by atomic mass is 19.1. The van der Waals surface area contributed by atoms with Gasteiger partial charge in [-0.05, 0) is 17.7 Å². The minimum atomic E-state index is -0.448. The summed E-state index contributed by atoms with van der Waals surface area (Å²) < 4.78 is 22.9. The Morgan fingerprint density at radius 2 is 2.14 bits per heavy atom. The van der Waals surface area contributed by atoms with Gasteiger partial charge in [0.1, 0.15) is 0 Å². The first-order valence-electron chi connectivity index (χ1n) is 4.50. The van der Waals surface area contributed by atoms with Crippen LogP contribution in [0.25, 0.3) is 0 Å². The third-order valence-corrected chi connectivity index (χ3v) is 2.34. The fourth-order valence-corrected chi connectivity index (χ4v) is 1.46. The van der Waals surface area contributed by atoms with Gasteiger partial charge in [-0.3, -0.25) is 4.39 Å². The molecule has 14 heavy (non-hydrogen) atoms. The van der Waals surface area contributed by atoms with Crippen LogP contribution in [-0.4, -0.2) is 20.0 Å². The summed E-state index contributed by atoms with van der Waals surface area (Å²) in [6.07, 6.45) is 0. The van der Waals surface area contributed by atoms with Gasteiger partial charge in [-0.25, -0.2) is 0 Å². The molecule has 1 aliphatic heterocycles. The van der Waals surface area contributed by atoms with Crippen LogP contribution in [0.3, 0.4) is 0 Å². The molecular weight excluding hydrogens is 185 g/mol. The van der Waals surface area contributed by atoms with E-state index in [4.69, 9.17) is 15.2 Å². The maximum Gasteiger partial charge on any atom is 0.231 e. The SMILES string of the molecule is NCC(CF)c1ccc2c(c1)OCO2. The summed E-state index contributed by atoms with van der Waals surface area (Å²) in [5.41, 5.74) is 6.31. The minimum absolute atomic E-state index is 0.238. The molecule has 0 aromatic heterocycles. The van der Waals surface area contributed by atoms with Gasteiger partial charge >= 0.3 is 0 Å². The topological polar surface area (TPSA) is 44.5 Å². The van der Waals surface area contributed by atoms with Crippen LogP contribution in [0.2, 0.25) is 0 Å². The first-order chi connectivity index (χ1) is 6.85. The summed E-state index contributed by atoms with van der Waals surface area (Å²) in [4.78, 5) is 0. The average Bonchev–Trinajstić information content (AvgIpc) is 2.66. The molecule has 0 fully saturated rings. The predicted octanol–water partition coefficient (Wildman–Crippen LogP) is 1.43. The molecule has 1 aromatic carbocycles. The van der Waals surface area contributed by atoms with Crippen molar-refractivity contribution in [1.82, 2.24) is 0 Å². The van der Waals surface area contributed by atoms with Crippen molar-refractivity contribution >= 4 is 0 Å². The van der Waals surface area contributed by atoms with Crippen molar-refractivity contribution in [2.24, 2.45) is 5.73 Å². The second kappa shape index (κ2) is 3.84. The fourth-order valence-electron chi connectivity index (χ4n) is 1.46. The molecule has 0 amide bonds. The number of nitrogens with two attached hydrogens (primary N) is 1. The largest absolute Gasteiger partial charge is 0.454 e. The highest BCUT2D eigenvalue weighted by molar-refractivity contribution is 5.45. The van der Waals surface area contributed by atoms with Crippen molar-refractivity contribution < 1.29 is 13.9 Å². The monoisotopic (exact) mass is 197 g/mol. The smallest absolute Gasteiger partial charge is 0.231 e. The molecule has 0 bridgehead atoms. The molecule has 1 aliphatic rings. The summed E-state index contributed by atoms with van der Waals surface area (Å²) in [5, 5.41) is 0. The Morgan fingerprint density at radius 3 is 2.86 bits per heavy atom. The third kappa shape index (κ3) is 1.53. The van der Waals surface area contributed by atoms with Crippen molar-refractivity contribution in [3.63, 3.8) is 0 Å². The van der Waals surface area contributed by atoms with Crippen LogP contribution < -0.4 is 15.2 Å². The molecule has 2 N–H and O–H groups in total. The maximum absolute atomic E-state index is 12.5. The quantitative estimate of drug-likeness (QED) is 0.797. The highest BCUT2D eigenvalue weighted by Gasteiger charge is 2.16. The molecule has 0 saturated heterocycles. The van der Waals surface area contributed by atoms with Crippen LogP contribution >= 0.6 is 0 Å². The lowest BCUT2D eigenvalue weighted by Crippen LogP contribution is -2.14.